The summed E-state index contributed by atoms with van der Waals surface area (Å²) in [6.07, 6.45) is 1.59. The number of hydrogen-bond donors (Lipinski definition) is 0. The number of rotatable bonds is 3. The number of carbonyl (C=O) groups is 1. The molecule has 0 heterocycles. The van der Waals surface area contributed by atoms with Gasteiger partial charge in [0, 0.05) is 11.1 Å². The first-order chi connectivity index (χ1) is 9.13. The van der Waals surface area contributed by atoms with E-state index in [0.717, 1.165) is 16.7 Å². The second-order valence-electron chi connectivity index (χ2n) is 4.30. The molecule has 0 unspecified atom stereocenters. The molecular weight excluding hydrogens is 232 g/mol. The lowest BCUT2D eigenvalue weighted by atomic mass is 9.93. The smallest absolute Gasteiger partial charge is 0.193 e. The van der Waals surface area contributed by atoms with Crippen molar-refractivity contribution in [1.29, 1.82) is 0 Å². The van der Waals surface area contributed by atoms with Gasteiger partial charge in [0.05, 0.1) is 0 Å². The van der Waals surface area contributed by atoms with Gasteiger partial charge in [-0.05, 0) is 37.5 Å². The third-order valence-electron chi connectivity index (χ3n) is 2.95. The molecule has 0 bridgehead atoms. The average molecular weight is 247 g/mol. The van der Waals surface area contributed by atoms with E-state index in [-0.39, 0.29) is 5.78 Å². The number of ketones is 1. The first-order valence-electron chi connectivity index (χ1n) is 6.01. The fraction of sp³-hybridized carbons (Fsp3) is 0. The van der Waals surface area contributed by atoms with E-state index in [4.69, 9.17) is 0 Å². The molecule has 2 aromatic carbocycles. The molecule has 0 fully saturated rings. The second kappa shape index (κ2) is 5.66. The molecule has 0 aliphatic heterocycles. The van der Waals surface area contributed by atoms with E-state index in [2.05, 4.69) is 20.8 Å². The van der Waals surface area contributed by atoms with Gasteiger partial charge in [0.25, 0.3) is 0 Å². The van der Waals surface area contributed by atoms with Gasteiger partial charge in [-0.15, -0.1) is 0 Å². The third-order valence-corrected chi connectivity index (χ3v) is 2.95. The van der Waals surface area contributed by atoms with Crippen LogP contribution in [0.5, 0.6) is 0 Å². The van der Waals surface area contributed by atoms with Crippen molar-refractivity contribution in [3.8, 4) is 0 Å². The summed E-state index contributed by atoms with van der Waals surface area (Å²) in [6, 6.07) is 14.8. The lowest BCUT2D eigenvalue weighted by Gasteiger charge is -2.09. The van der Waals surface area contributed by atoms with Crippen LogP contribution < -0.4 is 0 Å². The molecule has 0 aliphatic rings. The molecule has 2 rings (SSSR count). The molecule has 0 saturated carbocycles. The largest absolute Gasteiger partial charge is 0.289 e. The van der Waals surface area contributed by atoms with E-state index < -0.39 is 0 Å². The SMILES string of the molecule is [CH2]/C=C(\C(=O)c1ccccc1[CH2])c1cccc([CH2])c1. The van der Waals surface area contributed by atoms with Crippen molar-refractivity contribution in [3.05, 3.63) is 97.6 Å². The molecule has 0 saturated heterocycles. The Morgan fingerprint density at radius 3 is 2.37 bits per heavy atom. The fourth-order valence-corrected chi connectivity index (χ4v) is 1.97. The van der Waals surface area contributed by atoms with E-state index >= 15 is 0 Å². The number of Topliss-reactive ketones (excluding diaryl/α,β-unsaturated/α-hetero) is 1. The Labute approximate surface area is 114 Å². The summed E-state index contributed by atoms with van der Waals surface area (Å²) < 4.78 is 0. The summed E-state index contributed by atoms with van der Waals surface area (Å²) in [7, 11) is 0. The minimum Gasteiger partial charge on any atom is -0.289 e. The van der Waals surface area contributed by atoms with Gasteiger partial charge in [-0.2, -0.15) is 0 Å². The summed E-state index contributed by atoms with van der Waals surface area (Å²) >= 11 is 0. The van der Waals surface area contributed by atoms with Crippen molar-refractivity contribution in [2.75, 3.05) is 0 Å². The topological polar surface area (TPSA) is 17.1 Å². The monoisotopic (exact) mass is 247 g/mol. The number of carbonyl (C=O) groups excluding carboxylic acids is 1. The Balaban J connectivity index is 2.45. The van der Waals surface area contributed by atoms with Crippen LogP contribution in [0.2, 0.25) is 0 Å². The van der Waals surface area contributed by atoms with Crippen molar-refractivity contribution in [3.63, 3.8) is 0 Å². The van der Waals surface area contributed by atoms with Crippen LogP contribution in [-0.2, 0) is 0 Å². The molecule has 19 heavy (non-hydrogen) atoms. The zero-order chi connectivity index (χ0) is 13.8. The van der Waals surface area contributed by atoms with Crippen LogP contribution in [0.4, 0.5) is 0 Å². The second-order valence-corrected chi connectivity index (χ2v) is 4.30. The highest BCUT2D eigenvalue weighted by Gasteiger charge is 2.15. The highest BCUT2D eigenvalue weighted by atomic mass is 16.1. The average Bonchev–Trinajstić information content (AvgIpc) is 2.40. The minimum atomic E-state index is -0.0637. The van der Waals surface area contributed by atoms with Crippen molar-refractivity contribution < 1.29 is 4.79 Å². The normalized spacial score (nSPS) is 11.4. The molecule has 1 nitrogen and oxygen atoms in total. The fourth-order valence-electron chi connectivity index (χ4n) is 1.97. The van der Waals surface area contributed by atoms with E-state index in [1.165, 1.54) is 0 Å². The maximum Gasteiger partial charge on any atom is 0.193 e. The summed E-state index contributed by atoms with van der Waals surface area (Å²) in [5.41, 5.74) is 3.59. The Hall–Kier alpha value is -2.15. The predicted octanol–water partition coefficient (Wildman–Crippen LogP) is 4.15. The molecule has 93 valence electrons. The van der Waals surface area contributed by atoms with Gasteiger partial charge in [0.1, 0.15) is 0 Å². The van der Waals surface area contributed by atoms with Crippen LogP contribution in [0.3, 0.4) is 0 Å². The van der Waals surface area contributed by atoms with Crippen LogP contribution in [0, 0.1) is 20.8 Å². The van der Waals surface area contributed by atoms with Crippen molar-refractivity contribution in [2.45, 2.75) is 0 Å². The van der Waals surface area contributed by atoms with Crippen molar-refractivity contribution in [2.24, 2.45) is 0 Å². The van der Waals surface area contributed by atoms with Gasteiger partial charge in [-0.3, -0.25) is 4.79 Å². The van der Waals surface area contributed by atoms with Crippen LogP contribution in [0.25, 0.3) is 5.57 Å². The summed E-state index contributed by atoms with van der Waals surface area (Å²) in [6.45, 7) is 11.5. The zero-order valence-corrected chi connectivity index (χ0v) is 10.7. The lowest BCUT2D eigenvalue weighted by molar-refractivity contribution is 0.105. The molecule has 0 N–H and O–H groups in total. The van der Waals surface area contributed by atoms with Crippen LogP contribution in [0.1, 0.15) is 27.0 Å². The van der Waals surface area contributed by atoms with Crippen LogP contribution in [0.15, 0.2) is 54.6 Å². The first kappa shape index (κ1) is 13.3. The number of hydrogen-bond acceptors (Lipinski definition) is 1. The van der Waals surface area contributed by atoms with E-state index in [9.17, 15) is 4.79 Å². The Kier molecular flexibility index (Phi) is 3.96. The van der Waals surface area contributed by atoms with E-state index in [1.54, 1.807) is 12.1 Å². The lowest BCUT2D eigenvalue weighted by Crippen LogP contribution is -2.05. The molecular formula is C18H15O. The molecule has 0 atom stereocenters. The minimum absolute atomic E-state index is 0.0637. The quantitative estimate of drug-likeness (QED) is 0.588. The maximum absolute atomic E-state index is 12.5. The zero-order valence-electron chi connectivity index (χ0n) is 10.7. The van der Waals surface area contributed by atoms with Crippen molar-refractivity contribution >= 4 is 11.4 Å². The molecule has 2 aromatic rings. The van der Waals surface area contributed by atoms with Gasteiger partial charge in [0.15, 0.2) is 5.78 Å². The van der Waals surface area contributed by atoms with Gasteiger partial charge in [0.2, 0.25) is 0 Å². The van der Waals surface area contributed by atoms with E-state index in [1.807, 2.05) is 42.5 Å². The molecule has 0 aromatic heterocycles. The van der Waals surface area contributed by atoms with E-state index in [0.29, 0.717) is 11.1 Å². The number of benzene rings is 2. The Morgan fingerprint density at radius 2 is 1.74 bits per heavy atom. The first-order valence-corrected chi connectivity index (χ1v) is 6.01. The highest BCUT2D eigenvalue weighted by molar-refractivity contribution is 6.29. The standard InChI is InChI=1S/C18H15O/c1-4-16(15-10-7-8-13(2)12-15)18(19)17-11-6-5-9-14(17)3/h4-12H,1-3H2/b16-4-. The molecule has 0 aliphatic carbocycles. The Bertz CT molecular complexity index is 636. The van der Waals surface area contributed by atoms with Gasteiger partial charge < -0.3 is 0 Å². The van der Waals surface area contributed by atoms with Crippen molar-refractivity contribution in [1.82, 2.24) is 0 Å². The summed E-state index contributed by atoms with van der Waals surface area (Å²) in [5, 5.41) is 0. The predicted molar refractivity (Wildman–Crippen MR) is 79.5 cm³/mol. The summed E-state index contributed by atoms with van der Waals surface area (Å²) in [4.78, 5) is 12.5. The maximum atomic E-state index is 12.5. The Morgan fingerprint density at radius 1 is 1.00 bits per heavy atom. The van der Waals surface area contributed by atoms with Gasteiger partial charge in [-0.25, -0.2) is 0 Å². The summed E-state index contributed by atoms with van der Waals surface area (Å²) in [5.74, 6) is -0.0637. The van der Waals surface area contributed by atoms with Crippen LogP contribution in [-0.4, -0.2) is 5.78 Å². The van der Waals surface area contributed by atoms with Gasteiger partial charge in [-0.1, -0.05) is 54.6 Å². The third kappa shape index (κ3) is 2.82. The molecule has 1 heteroatoms. The molecule has 0 amide bonds. The molecule has 3 radical (unpaired) electrons. The van der Waals surface area contributed by atoms with Gasteiger partial charge >= 0.3 is 0 Å². The highest BCUT2D eigenvalue weighted by Crippen LogP contribution is 2.22. The molecule has 0 spiro atoms. The number of allylic oxidation sites excluding steroid dienone is 2. The van der Waals surface area contributed by atoms with Crippen LogP contribution >= 0.6 is 0 Å².